The Balaban J connectivity index is 1.64. The van der Waals surface area contributed by atoms with Gasteiger partial charge in [-0.3, -0.25) is 14.9 Å². The van der Waals surface area contributed by atoms with E-state index < -0.39 is 4.92 Å². The molecule has 3 aromatic rings. The van der Waals surface area contributed by atoms with Gasteiger partial charge in [0.1, 0.15) is 0 Å². The van der Waals surface area contributed by atoms with Gasteiger partial charge in [0.15, 0.2) is 17.3 Å². The summed E-state index contributed by atoms with van der Waals surface area (Å²) in [4.78, 5) is 22.7. The molecule has 0 N–H and O–H groups in total. The van der Waals surface area contributed by atoms with E-state index in [4.69, 9.17) is 25.5 Å². The lowest BCUT2D eigenvalue weighted by atomic mass is 10.1. The zero-order valence-corrected chi connectivity index (χ0v) is 17.5. The zero-order valence-electron chi connectivity index (χ0n) is 16.0. The number of carbonyl (C=O) groups excluding carboxylic acids is 1. The number of Topliss-reactive ketones (excluding diaryl/α,β-unsaturated/α-hetero) is 1. The summed E-state index contributed by atoms with van der Waals surface area (Å²) in [5.41, 5.74) is 0.749. The number of halogens is 1. The van der Waals surface area contributed by atoms with Crippen LogP contribution in [-0.4, -0.2) is 40.9 Å². The van der Waals surface area contributed by atoms with Gasteiger partial charge in [-0.1, -0.05) is 29.4 Å². The Morgan fingerprint density at radius 3 is 2.63 bits per heavy atom. The van der Waals surface area contributed by atoms with Gasteiger partial charge >= 0.3 is 0 Å². The van der Waals surface area contributed by atoms with Gasteiger partial charge in [-0.05, 0) is 23.8 Å². The Morgan fingerprint density at radius 2 is 1.93 bits per heavy atom. The number of rotatable bonds is 9. The highest BCUT2D eigenvalue weighted by molar-refractivity contribution is 7.99. The highest BCUT2D eigenvalue weighted by Crippen LogP contribution is 2.29. The molecule has 0 atom stereocenters. The molecule has 0 aliphatic heterocycles. The minimum atomic E-state index is -0.585. The maximum Gasteiger partial charge on any atom is 0.277 e. The van der Waals surface area contributed by atoms with Crippen molar-refractivity contribution in [2.45, 2.75) is 11.6 Å². The number of nitrogens with zero attached hydrogens (tertiary/aromatic N) is 3. The second-order valence-electron chi connectivity index (χ2n) is 5.96. The summed E-state index contributed by atoms with van der Waals surface area (Å²) >= 11 is 7.02. The molecule has 0 unspecified atom stereocenters. The quantitative estimate of drug-likeness (QED) is 0.205. The van der Waals surface area contributed by atoms with E-state index in [1.165, 1.54) is 12.1 Å². The molecular formula is C19H16ClN3O6S. The van der Waals surface area contributed by atoms with Crippen molar-refractivity contribution in [3.05, 3.63) is 68.6 Å². The lowest BCUT2D eigenvalue weighted by Gasteiger charge is -2.08. The first-order chi connectivity index (χ1) is 14.4. The number of non-ortho nitro benzene ring substituents is 1. The molecule has 0 spiro atoms. The molecule has 1 heterocycles. The summed E-state index contributed by atoms with van der Waals surface area (Å²) in [5, 5.41) is 19.1. The lowest BCUT2D eigenvalue weighted by molar-refractivity contribution is -0.384. The largest absolute Gasteiger partial charge is 0.493 e. The number of nitro groups is 1. The van der Waals surface area contributed by atoms with E-state index in [0.717, 1.165) is 23.4 Å². The molecule has 0 amide bonds. The Kier molecular flexibility index (Phi) is 6.91. The predicted molar refractivity (Wildman–Crippen MR) is 110 cm³/mol. The topological polar surface area (TPSA) is 118 Å². The fourth-order valence-electron chi connectivity index (χ4n) is 2.58. The van der Waals surface area contributed by atoms with Crippen LogP contribution in [0, 0.1) is 10.1 Å². The second-order valence-corrected chi connectivity index (χ2v) is 7.29. The van der Waals surface area contributed by atoms with Crippen molar-refractivity contribution in [2.24, 2.45) is 0 Å². The van der Waals surface area contributed by atoms with Gasteiger partial charge in [-0.2, -0.15) is 0 Å². The molecule has 0 aliphatic rings. The van der Waals surface area contributed by atoms with Gasteiger partial charge in [0.25, 0.3) is 10.9 Å². The first kappa shape index (κ1) is 21.6. The molecule has 0 saturated carbocycles. The number of ether oxygens (including phenoxy) is 2. The van der Waals surface area contributed by atoms with Crippen molar-refractivity contribution in [3.8, 4) is 11.5 Å². The minimum absolute atomic E-state index is 0.0567. The smallest absolute Gasteiger partial charge is 0.277 e. The number of aromatic nitrogens is 2. The van der Waals surface area contributed by atoms with Crippen LogP contribution >= 0.6 is 23.4 Å². The molecule has 2 aromatic carbocycles. The van der Waals surface area contributed by atoms with Gasteiger partial charge < -0.3 is 13.9 Å². The second kappa shape index (κ2) is 9.59. The molecule has 3 rings (SSSR count). The Labute approximate surface area is 180 Å². The normalized spacial score (nSPS) is 10.6. The van der Waals surface area contributed by atoms with Crippen LogP contribution in [0.2, 0.25) is 5.02 Å². The Morgan fingerprint density at radius 1 is 1.17 bits per heavy atom. The van der Waals surface area contributed by atoms with Crippen LogP contribution < -0.4 is 9.47 Å². The van der Waals surface area contributed by atoms with Crippen molar-refractivity contribution in [1.82, 2.24) is 10.2 Å². The van der Waals surface area contributed by atoms with Gasteiger partial charge in [-0.25, -0.2) is 0 Å². The third kappa shape index (κ3) is 5.08. The number of hydrogen-bond donors (Lipinski definition) is 0. The lowest BCUT2D eigenvalue weighted by Crippen LogP contribution is -2.04. The van der Waals surface area contributed by atoms with Crippen LogP contribution in [0.25, 0.3) is 0 Å². The van der Waals surface area contributed by atoms with Crippen LogP contribution in [0.4, 0.5) is 5.69 Å². The molecule has 1 aromatic heterocycles. The molecule has 0 bridgehead atoms. The maximum absolute atomic E-state index is 12.4. The van der Waals surface area contributed by atoms with E-state index in [1.807, 2.05) is 12.1 Å². The summed E-state index contributed by atoms with van der Waals surface area (Å²) in [6.45, 7) is 0. The van der Waals surface area contributed by atoms with Crippen molar-refractivity contribution in [1.29, 1.82) is 0 Å². The Hall–Kier alpha value is -3.11. The molecule has 9 nitrogen and oxygen atoms in total. The van der Waals surface area contributed by atoms with Crippen LogP contribution in [0.15, 0.2) is 46.0 Å². The van der Waals surface area contributed by atoms with E-state index in [-0.39, 0.29) is 33.0 Å². The third-order valence-corrected chi connectivity index (χ3v) is 5.19. The fourth-order valence-corrected chi connectivity index (χ4v) is 3.47. The number of thioether (sulfide) groups is 1. The number of nitro benzene ring substituents is 1. The van der Waals surface area contributed by atoms with Crippen LogP contribution in [-0.2, 0) is 6.42 Å². The van der Waals surface area contributed by atoms with E-state index in [0.29, 0.717) is 23.8 Å². The summed E-state index contributed by atoms with van der Waals surface area (Å²) in [6.07, 6.45) is 0.374. The van der Waals surface area contributed by atoms with Crippen LogP contribution in [0.1, 0.15) is 21.8 Å². The maximum atomic E-state index is 12.4. The first-order valence-corrected chi connectivity index (χ1v) is 9.91. The van der Waals surface area contributed by atoms with Crippen molar-refractivity contribution < 1.29 is 23.6 Å². The van der Waals surface area contributed by atoms with Crippen molar-refractivity contribution in [3.63, 3.8) is 0 Å². The summed E-state index contributed by atoms with van der Waals surface area (Å²) < 4.78 is 16.1. The van der Waals surface area contributed by atoms with E-state index in [2.05, 4.69) is 10.2 Å². The molecule has 0 radical (unpaired) electrons. The minimum Gasteiger partial charge on any atom is -0.493 e. The molecule has 11 heteroatoms. The van der Waals surface area contributed by atoms with Crippen LogP contribution in [0.3, 0.4) is 0 Å². The highest BCUT2D eigenvalue weighted by atomic mass is 35.5. The molecule has 0 fully saturated rings. The SMILES string of the molecule is COc1ccc(Cc2nnc(SCC(=O)c3cc([N+](=O)[O-])ccc3Cl)o2)cc1OC. The molecule has 156 valence electrons. The van der Waals surface area contributed by atoms with E-state index >= 15 is 0 Å². The van der Waals surface area contributed by atoms with Crippen molar-refractivity contribution >= 4 is 34.8 Å². The molecule has 0 saturated heterocycles. The summed E-state index contributed by atoms with van der Waals surface area (Å²) in [5.74, 6) is 1.13. The zero-order chi connectivity index (χ0) is 21.7. The summed E-state index contributed by atoms with van der Waals surface area (Å²) in [7, 11) is 3.11. The third-order valence-electron chi connectivity index (χ3n) is 4.04. The average Bonchev–Trinajstić information content (AvgIpc) is 3.19. The predicted octanol–water partition coefficient (Wildman–Crippen LogP) is 4.21. The Bertz CT molecular complexity index is 1090. The van der Waals surface area contributed by atoms with Crippen molar-refractivity contribution in [2.75, 3.05) is 20.0 Å². The number of hydrogen-bond acceptors (Lipinski definition) is 9. The highest BCUT2D eigenvalue weighted by Gasteiger charge is 2.18. The summed E-state index contributed by atoms with van der Waals surface area (Å²) in [6, 6.07) is 9.16. The fraction of sp³-hybridized carbons (Fsp3) is 0.211. The monoisotopic (exact) mass is 449 g/mol. The number of ketones is 1. The van der Waals surface area contributed by atoms with E-state index in [9.17, 15) is 14.9 Å². The molecule has 0 aliphatic carbocycles. The average molecular weight is 450 g/mol. The van der Waals surface area contributed by atoms with Gasteiger partial charge in [0.05, 0.1) is 36.3 Å². The first-order valence-electron chi connectivity index (χ1n) is 8.54. The number of methoxy groups -OCH3 is 2. The van der Waals surface area contributed by atoms with Gasteiger partial charge in [0, 0.05) is 17.7 Å². The number of carbonyl (C=O) groups is 1. The molecular weight excluding hydrogens is 434 g/mol. The molecule has 30 heavy (non-hydrogen) atoms. The standard InChI is InChI=1S/C19H16ClN3O6S/c1-27-16-6-3-11(7-17(16)28-2)8-18-21-22-19(29-18)30-10-15(24)13-9-12(23(25)26)4-5-14(13)20/h3-7,9H,8,10H2,1-2H3. The van der Waals surface area contributed by atoms with Crippen LogP contribution in [0.5, 0.6) is 11.5 Å². The van der Waals surface area contributed by atoms with E-state index in [1.54, 1.807) is 20.3 Å². The van der Waals surface area contributed by atoms with Gasteiger partial charge in [0.2, 0.25) is 5.89 Å². The number of benzene rings is 2. The van der Waals surface area contributed by atoms with Gasteiger partial charge in [-0.15, -0.1) is 10.2 Å².